The van der Waals surface area contributed by atoms with Crippen molar-refractivity contribution in [3.05, 3.63) is 65.2 Å². The Morgan fingerprint density at radius 2 is 1.90 bits per heavy atom. The normalized spacial score (nSPS) is 17.7. The molecular formula is C24H26FN3O3. The molecule has 31 heavy (non-hydrogen) atoms. The van der Waals surface area contributed by atoms with Crippen molar-refractivity contribution in [3.8, 4) is 0 Å². The summed E-state index contributed by atoms with van der Waals surface area (Å²) in [7, 11) is 1.80. The minimum atomic E-state index is -0.860. The highest BCUT2D eigenvalue weighted by atomic mass is 19.1. The van der Waals surface area contributed by atoms with Gasteiger partial charge in [-0.1, -0.05) is 12.1 Å². The number of benzene rings is 1. The highest BCUT2D eigenvalue weighted by Gasteiger charge is 2.33. The highest BCUT2D eigenvalue weighted by Crippen LogP contribution is 2.36. The molecule has 0 saturated carbocycles. The quantitative estimate of drug-likeness (QED) is 0.675. The first-order chi connectivity index (χ1) is 14.8. The molecule has 1 aliphatic rings. The number of aromatic nitrogens is 2. The van der Waals surface area contributed by atoms with E-state index in [1.54, 1.807) is 37.2 Å². The number of rotatable bonds is 5. The maximum atomic E-state index is 13.2. The number of likely N-dealkylation sites (N-methyl/N-ethyl adjacent to an activating group) is 1. The topological polar surface area (TPSA) is 75.4 Å². The Morgan fingerprint density at radius 3 is 2.58 bits per heavy atom. The standard InChI is InChI=1S/C24H26FN3O3/c1-14(16-6-8-17(25)9-7-16)23(29)27(3)18-10-11-20-21(15(2)24(30)31)19-5-4-12-26-22(19)28(20)13-18/h4-9,12,14-15,18H,10-11,13H2,1-3H3,(H,30,31)/t14-,15?,18+/m0/s1. The van der Waals surface area contributed by atoms with Gasteiger partial charge in [0.05, 0.1) is 11.8 Å². The number of fused-ring (bicyclic) bond motifs is 3. The summed E-state index contributed by atoms with van der Waals surface area (Å²) in [5.74, 6) is -2.22. The van der Waals surface area contributed by atoms with Gasteiger partial charge in [-0.25, -0.2) is 9.37 Å². The van der Waals surface area contributed by atoms with Crippen LogP contribution in [0.5, 0.6) is 0 Å². The number of hydrogen-bond acceptors (Lipinski definition) is 3. The number of amides is 1. The van der Waals surface area contributed by atoms with Crippen LogP contribution >= 0.6 is 0 Å². The average molecular weight is 423 g/mol. The van der Waals surface area contributed by atoms with Crippen LogP contribution in [0.4, 0.5) is 4.39 Å². The molecular weight excluding hydrogens is 397 g/mol. The summed E-state index contributed by atoms with van der Waals surface area (Å²) in [5, 5.41) is 10.5. The lowest BCUT2D eigenvalue weighted by Crippen LogP contribution is -2.44. The van der Waals surface area contributed by atoms with E-state index in [1.165, 1.54) is 12.1 Å². The molecule has 0 bridgehead atoms. The Morgan fingerprint density at radius 1 is 1.19 bits per heavy atom. The average Bonchev–Trinajstić information content (AvgIpc) is 3.11. The van der Waals surface area contributed by atoms with Gasteiger partial charge >= 0.3 is 5.97 Å². The summed E-state index contributed by atoms with van der Waals surface area (Å²) in [5.41, 5.74) is 3.35. The Labute approximate surface area is 180 Å². The first-order valence-corrected chi connectivity index (χ1v) is 10.5. The van der Waals surface area contributed by atoms with E-state index >= 15 is 0 Å². The third kappa shape index (κ3) is 3.69. The van der Waals surface area contributed by atoms with Crippen molar-refractivity contribution in [2.45, 2.75) is 51.1 Å². The number of aliphatic carboxylic acids is 1. The van der Waals surface area contributed by atoms with Gasteiger partial charge < -0.3 is 14.6 Å². The van der Waals surface area contributed by atoms with Gasteiger partial charge in [0.1, 0.15) is 11.5 Å². The summed E-state index contributed by atoms with van der Waals surface area (Å²) >= 11 is 0. The summed E-state index contributed by atoms with van der Waals surface area (Å²) < 4.78 is 15.3. The fourth-order valence-corrected chi connectivity index (χ4v) is 4.62. The van der Waals surface area contributed by atoms with Crippen LogP contribution < -0.4 is 0 Å². The summed E-state index contributed by atoms with van der Waals surface area (Å²) in [4.78, 5) is 31.1. The molecule has 0 aliphatic carbocycles. The van der Waals surface area contributed by atoms with E-state index in [9.17, 15) is 19.1 Å². The van der Waals surface area contributed by atoms with Crippen molar-refractivity contribution in [2.75, 3.05) is 7.05 Å². The molecule has 1 amide bonds. The minimum absolute atomic E-state index is 0.0244. The summed E-state index contributed by atoms with van der Waals surface area (Å²) in [6.07, 6.45) is 3.13. The fraction of sp³-hybridized carbons (Fsp3) is 0.375. The molecule has 0 fully saturated rings. The van der Waals surface area contributed by atoms with E-state index in [0.29, 0.717) is 13.0 Å². The van der Waals surface area contributed by atoms with Gasteiger partial charge in [-0.2, -0.15) is 0 Å². The van der Waals surface area contributed by atoms with Crippen molar-refractivity contribution in [1.82, 2.24) is 14.5 Å². The monoisotopic (exact) mass is 423 g/mol. The Hall–Kier alpha value is -3.22. The maximum absolute atomic E-state index is 13.2. The molecule has 0 spiro atoms. The van der Waals surface area contributed by atoms with Crippen molar-refractivity contribution in [3.63, 3.8) is 0 Å². The number of carboxylic acids is 1. The van der Waals surface area contributed by atoms with Crippen molar-refractivity contribution < 1.29 is 19.1 Å². The molecule has 1 unspecified atom stereocenters. The van der Waals surface area contributed by atoms with Crippen LogP contribution in [0.2, 0.25) is 0 Å². The SMILES string of the molecule is CC(C(=O)O)c1c2n(c3ncccc13)C[C@H](N(C)C(=O)[C@@H](C)c1ccc(F)cc1)CC2. The fourth-order valence-electron chi connectivity index (χ4n) is 4.62. The number of nitrogens with zero attached hydrogens (tertiary/aromatic N) is 3. The van der Waals surface area contributed by atoms with Gasteiger partial charge in [-0.15, -0.1) is 0 Å². The highest BCUT2D eigenvalue weighted by molar-refractivity contribution is 5.89. The molecule has 162 valence electrons. The Balaban J connectivity index is 1.63. The van der Waals surface area contributed by atoms with Crippen LogP contribution in [0, 0.1) is 5.82 Å². The van der Waals surface area contributed by atoms with Gasteiger partial charge in [-0.05, 0) is 62.1 Å². The molecule has 4 rings (SSSR count). The smallest absolute Gasteiger partial charge is 0.310 e. The van der Waals surface area contributed by atoms with Crippen LogP contribution in [-0.2, 0) is 22.6 Å². The Bertz CT molecular complexity index is 1140. The van der Waals surface area contributed by atoms with E-state index in [1.807, 2.05) is 19.1 Å². The van der Waals surface area contributed by atoms with Gasteiger partial charge in [0, 0.05) is 36.9 Å². The van der Waals surface area contributed by atoms with Crippen LogP contribution in [0.3, 0.4) is 0 Å². The van der Waals surface area contributed by atoms with Crippen molar-refractivity contribution in [1.29, 1.82) is 0 Å². The number of pyridine rings is 1. The van der Waals surface area contributed by atoms with E-state index in [0.717, 1.165) is 34.3 Å². The lowest BCUT2D eigenvalue weighted by molar-refractivity contribution is -0.138. The van der Waals surface area contributed by atoms with Crippen molar-refractivity contribution in [2.24, 2.45) is 0 Å². The van der Waals surface area contributed by atoms with Crippen LogP contribution in [0.1, 0.15) is 48.9 Å². The summed E-state index contributed by atoms with van der Waals surface area (Å²) in [6, 6.07) is 9.74. The van der Waals surface area contributed by atoms with Gasteiger partial charge in [-0.3, -0.25) is 9.59 Å². The molecule has 1 N–H and O–H groups in total. The van der Waals surface area contributed by atoms with E-state index in [2.05, 4.69) is 9.55 Å². The second-order valence-corrected chi connectivity index (χ2v) is 8.32. The minimum Gasteiger partial charge on any atom is -0.481 e. The predicted octanol–water partition coefficient (Wildman–Crippen LogP) is 3.94. The molecule has 0 radical (unpaired) electrons. The van der Waals surface area contributed by atoms with Gasteiger partial charge in [0.15, 0.2) is 0 Å². The zero-order valence-corrected chi connectivity index (χ0v) is 17.9. The molecule has 7 heteroatoms. The number of halogens is 1. The van der Waals surface area contributed by atoms with Crippen LogP contribution in [0.25, 0.3) is 11.0 Å². The van der Waals surface area contributed by atoms with Crippen LogP contribution in [-0.4, -0.2) is 44.5 Å². The molecule has 3 heterocycles. The Kier molecular flexibility index (Phi) is 5.52. The third-order valence-electron chi connectivity index (χ3n) is 6.52. The molecule has 3 aromatic rings. The molecule has 1 aliphatic heterocycles. The number of carboxylic acid groups (broad SMARTS) is 1. The van der Waals surface area contributed by atoms with E-state index in [-0.39, 0.29) is 23.7 Å². The van der Waals surface area contributed by atoms with Crippen LogP contribution in [0.15, 0.2) is 42.6 Å². The first kappa shape index (κ1) is 21.0. The molecule has 1 aromatic carbocycles. The third-order valence-corrected chi connectivity index (χ3v) is 6.52. The van der Waals surface area contributed by atoms with Crippen molar-refractivity contribution >= 4 is 22.9 Å². The molecule has 0 saturated heterocycles. The second kappa shape index (κ2) is 8.13. The van der Waals surface area contributed by atoms with E-state index < -0.39 is 11.9 Å². The van der Waals surface area contributed by atoms with Gasteiger partial charge in [0.2, 0.25) is 5.91 Å². The number of carbonyl (C=O) groups excluding carboxylic acids is 1. The zero-order valence-electron chi connectivity index (χ0n) is 17.9. The number of carbonyl (C=O) groups is 2. The lowest BCUT2D eigenvalue weighted by atomic mass is 9.93. The largest absolute Gasteiger partial charge is 0.481 e. The molecule has 3 atom stereocenters. The predicted molar refractivity (Wildman–Crippen MR) is 115 cm³/mol. The lowest BCUT2D eigenvalue weighted by Gasteiger charge is -2.34. The summed E-state index contributed by atoms with van der Waals surface area (Å²) in [6.45, 7) is 4.10. The number of hydrogen-bond donors (Lipinski definition) is 1. The second-order valence-electron chi connectivity index (χ2n) is 8.32. The molecule has 2 aromatic heterocycles. The molecule has 6 nitrogen and oxygen atoms in total. The van der Waals surface area contributed by atoms with E-state index in [4.69, 9.17) is 0 Å². The maximum Gasteiger partial charge on any atom is 0.310 e. The zero-order chi connectivity index (χ0) is 22.3. The van der Waals surface area contributed by atoms with Gasteiger partial charge in [0.25, 0.3) is 0 Å². The first-order valence-electron chi connectivity index (χ1n) is 10.5.